The first-order chi connectivity index (χ1) is 8.06. The molecule has 0 bridgehead atoms. The van der Waals surface area contributed by atoms with E-state index in [-0.39, 0.29) is 11.7 Å². The highest BCUT2D eigenvalue weighted by atomic mass is 32.1. The summed E-state index contributed by atoms with van der Waals surface area (Å²) in [4.78, 5) is 13.3. The highest BCUT2D eigenvalue weighted by molar-refractivity contribution is 7.80. The number of carbonyl (C=O) groups is 1. The number of benzene rings is 1. The Kier molecular flexibility index (Phi) is 5.24. The first-order valence-corrected chi connectivity index (χ1v) is 5.50. The molecule has 0 aliphatic carbocycles. The molecule has 0 saturated carbocycles. The highest BCUT2D eigenvalue weighted by Crippen LogP contribution is 2.20. The summed E-state index contributed by atoms with van der Waals surface area (Å²) < 4.78 is 18.4. The zero-order valence-corrected chi connectivity index (χ0v) is 10.6. The van der Waals surface area contributed by atoms with Crippen LogP contribution >= 0.6 is 12.6 Å². The number of hydrogen-bond acceptors (Lipinski definition) is 3. The lowest BCUT2D eigenvalue weighted by atomic mass is 10.3. The average Bonchev–Trinajstić information content (AvgIpc) is 2.28. The number of nitrogens with one attached hydrogen (secondary N) is 1. The van der Waals surface area contributed by atoms with Crippen LogP contribution < -0.4 is 10.2 Å². The zero-order valence-electron chi connectivity index (χ0n) is 9.74. The molecule has 0 aliphatic heterocycles. The molecule has 0 spiro atoms. The first-order valence-electron chi connectivity index (χ1n) is 5.05. The van der Waals surface area contributed by atoms with Gasteiger partial charge in [0.1, 0.15) is 5.82 Å². The summed E-state index contributed by atoms with van der Waals surface area (Å²) in [7, 11) is 3.04. The molecular formula is C11H15FN2O2S. The molecule has 1 N–H and O–H groups in total. The minimum absolute atomic E-state index is 0.206. The third-order valence-corrected chi connectivity index (χ3v) is 2.46. The van der Waals surface area contributed by atoms with Gasteiger partial charge in [0, 0.05) is 25.6 Å². The van der Waals surface area contributed by atoms with Crippen LogP contribution in [0.25, 0.3) is 0 Å². The molecule has 1 aromatic carbocycles. The second-order valence-electron chi connectivity index (χ2n) is 3.42. The van der Waals surface area contributed by atoms with E-state index < -0.39 is 5.82 Å². The van der Waals surface area contributed by atoms with E-state index in [1.54, 1.807) is 13.2 Å². The van der Waals surface area contributed by atoms with Gasteiger partial charge in [0.25, 0.3) is 0 Å². The minimum atomic E-state index is -0.484. The molecule has 0 aliphatic rings. The van der Waals surface area contributed by atoms with Gasteiger partial charge in [-0.25, -0.2) is 9.18 Å². The van der Waals surface area contributed by atoms with Crippen molar-refractivity contribution in [2.24, 2.45) is 0 Å². The van der Waals surface area contributed by atoms with E-state index in [1.165, 1.54) is 24.1 Å². The van der Waals surface area contributed by atoms with E-state index >= 15 is 0 Å². The van der Waals surface area contributed by atoms with Crippen LogP contribution in [-0.4, -0.2) is 33.3 Å². The second kappa shape index (κ2) is 6.46. The lowest BCUT2D eigenvalue weighted by molar-refractivity contribution is 0.197. The predicted octanol–water partition coefficient (Wildman–Crippen LogP) is 1.91. The van der Waals surface area contributed by atoms with Gasteiger partial charge >= 0.3 is 6.03 Å². The molecule has 4 nitrogen and oxygen atoms in total. The number of hydrogen-bond donors (Lipinski definition) is 2. The van der Waals surface area contributed by atoms with Crippen LogP contribution in [0.5, 0.6) is 0 Å². The normalized spacial score (nSPS) is 10.1. The SMILES string of the molecule is COCCNC(=O)N(C)c1ccc(S)cc1F. The number of carbonyl (C=O) groups excluding carboxylic acids is 1. The number of thiol groups is 1. The Bertz CT molecular complexity index is 401. The summed E-state index contributed by atoms with van der Waals surface area (Å²) in [5.74, 6) is -0.484. The summed E-state index contributed by atoms with van der Waals surface area (Å²) in [6.07, 6.45) is 0. The van der Waals surface area contributed by atoms with Gasteiger partial charge in [-0.1, -0.05) is 0 Å². The van der Waals surface area contributed by atoms with Gasteiger partial charge in [-0.15, -0.1) is 12.6 Å². The Balaban J connectivity index is 2.68. The van der Waals surface area contributed by atoms with Crippen LogP contribution in [0.3, 0.4) is 0 Å². The van der Waals surface area contributed by atoms with E-state index in [9.17, 15) is 9.18 Å². The van der Waals surface area contributed by atoms with Crippen molar-refractivity contribution in [3.05, 3.63) is 24.0 Å². The quantitative estimate of drug-likeness (QED) is 0.640. The first kappa shape index (κ1) is 13.8. The Morgan fingerprint density at radius 1 is 1.59 bits per heavy atom. The third-order valence-electron chi connectivity index (χ3n) is 2.18. The van der Waals surface area contributed by atoms with Gasteiger partial charge in [-0.05, 0) is 18.2 Å². The number of methoxy groups -OCH3 is 1. The van der Waals surface area contributed by atoms with E-state index in [0.717, 1.165) is 0 Å². The molecule has 0 saturated heterocycles. The molecule has 0 aromatic heterocycles. The summed E-state index contributed by atoms with van der Waals surface area (Å²) in [5.41, 5.74) is 0.206. The number of urea groups is 1. The number of anilines is 1. The fraction of sp³-hybridized carbons (Fsp3) is 0.364. The van der Waals surface area contributed by atoms with Gasteiger partial charge in [0.15, 0.2) is 0 Å². The lowest BCUT2D eigenvalue weighted by Crippen LogP contribution is -2.39. The maximum atomic E-state index is 13.6. The monoisotopic (exact) mass is 258 g/mol. The van der Waals surface area contributed by atoms with Gasteiger partial charge in [0.2, 0.25) is 0 Å². The van der Waals surface area contributed by atoms with Crippen molar-refractivity contribution in [2.45, 2.75) is 4.90 Å². The van der Waals surface area contributed by atoms with Crippen molar-refractivity contribution in [3.8, 4) is 0 Å². The van der Waals surface area contributed by atoms with Gasteiger partial charge in [-0.3, -0.25) is 4.90 Å². The Morgan fingerprint density at radius 3 is 2.88 bits per heavy atom. The third kappa shape index (κ3) is 3.90. The second-order valence-corrected chi connectivity index (χ2v) is 3.94. The molecule has 0 fully saturated rings. The predicted molar refractivity (Wildman–Crippen MR) is 67.3 cm³/mol. The molecule has 1 aromatic rings. The fourth-order valence-corrected chi connectivity index (χ4v) is 1.44. The van der Waals surface area contributed by atoms with E-state index in [1.807, 2.05) is 0 Å². The van der Waals surface area contributed by atoms with Crippen molar-refractivity contribution < 1.29 is 13.9 Å². The molecule has 0 radical (unpaired) electrons. The van der Waals surface area contributed by atoms with Crippen molar-refractivity contribution in [1.82, 2.24) is 5.32 Å². The maximum absolute atomic E-state index is 13.6. The smallest absolute Gasteiger partial charge is 0.321 e. The molecule has 0 atom stereocenters. The Morgan fingerprint density at radius 2 is 2.29 bits per heavy atom. The van der Waals surface area contributed by atoms with Gasteiger partial charge < -0.3 is 10.1 Å². The maximum Gasteiger partial charge on any atom is 0.321 e. The van der Waals surface area contributed by atoms with Crippen LogP contribution in [0.4, 0.5) is 14.9 Å². The van der Waals surface area contributed by atoms with Crippen LogP contribution in [0.15, 0.2) is 23.1 Å². The lowest BCUT2D eigenvalue weighted by Gasteiger charge is -2.18. The molecule has 0 heterocycles. The number of rotatable bonds is 4. The molecule has 0 unspecified atom stereocenters. The molecular weight excluding hydrogens is 243 g/mol. The van der Waals surface area contributed by atoms with Crippen molar-refractivity contribution in [3.63, 3.8) is 0 Å². The number of halogens is 1. The molecule has 6 heteroatoms. The van der Waals surface area contributed by atoms with E-state index in [0.29, 0.717) is 18.0 Å². The van der Waals surface area contributed by atoms with Gasteiger partial charge in [-0.2, -0.15) is 0 Å². The zero-order chi connectivity index (χ0) is 12.8. The Labute approximate surface area is 105 Å². The van der Waals surface area contributed by atoms with Crippen LogP contribution in [-0.2, 0) is 4.74 Å². The Hall–Kier alpha value is -1.27. The molecule has 17 heavy (non-hydrogen) atoms. The molecule has 94 valence electrons. The minimum Gasteiger partial charge on any atom is -0.383 e. The fourth-order valence-electron chi connectivity index (χ4n) is 1.26. The number of nitrogens with zero attached hydrogens (tertiary/aromatic N) is 1. The molecule has 2 amide bonds. The van der Waals surface area contributed by atoms with Gasteiger partial charge in [0.05, 0.1) is 12.3 Å². The van der Waals surface area contributed by atoms with Crippen LogP contribution in [0.1, 0.15) is 0 Å². The van der Waals surface area contributed by atoms with Crippen molar-refractivity contribution >= 4 is 24.3 Å². The van der Waals surface area contributed by atoms with Crippen molar-refractivity contribution in [2.75, 3.05) is 32.2 Å². The molecule has 1 rings (SSSR count). The summed E-state index contributed by atoms with van der Waals surface area (Å²) in [6.45, 7) is 0.795. The van der Waals surface area contributed by atoms with Crippen LogP contribution in [0, 0.1) is 5.82 Å². The number of ether oxygens (including phenoxy) is 1. The summed E-state index contributed by atoms with van der Waals surface area (Å²) in [6, 6.07) is 4.01. The van der Waals surface area contributed by atoms with E-state index in [2.05, 4.69) is 17.9 Å². The summed E-state index contributed by atoms with van der Waals surface area (Å²) in [5, 5.41) is 2.60. The largest absolute Gasteiger partial charge is 0.383 e. The average molecular weight is 258 g/mol. The summed E-state index contributed by atoms with van der Waals surface area (Å²) >= 11 is 4.02. The van der Waals surface area contributed by atoms with Crippen LogP contribution in [0.2, 0.25) is 0 Å². The number of amides is 2. The topological polar surface area (TPSA) is 41.6 Å². The van der Waals surface area contributed by atoms with Crippen molar-refractivity contribution in [1.29, 1.82) is 0 Å². The standard InChI is InChI=1S/C11H15FN2O2S/c1-14(11(15)13-5-6-16-2)10-4-3-8(17)7-9(10)12/h3-4,7,17H,5-6H2,1-2H3,(H,13,15). The highest BCUT2D eigenvalue weighted by Gasteiger charge is 2.14. The van der Waals surface area contributed by atoms with E-state index in [4.69, 9.17) is 4.74 Å².